The van der Waals surface area contributed by atoms with Crippen molar-refractivity contribution in [3.8, 4) is 0 Å². The number of rotatable bonds is 5. The minimum Gasteiger partial charge on any atom is -0.478 e. The van der Waals surface area contributed by atoms with Crippen LogP contribution in [0.5, 0.6) is 0 Å². The average molecular weight is 318 g/mol. The minimum atomic E-state index is -1.26. The Morgan fingerprint density at radius 1 is 1.05 bits per heavy atom. The Hall–Kier alpha value is -2.13. The zero-order chi connectivity index (χ0) is 17.0. The molecule has 1 fully saturated rings. The molecule has 0 aromatic heterocycles. The van der Waals surface area contributed by atoms with Crippen LogP contribution in [-0.2, 0) is 14.3 Å². The van der Waals surface area contributed by atoms with Gasteiger partial charge in [0.25, 0.3) is 0 Å². The van der Waals surface area contributed by atoms with Gasteiger partial charge < -0.3 is 25.0 Å². The summed E-state index contributed by atoms with van der Waals surface area (Å²) in [5.41, 5.74) is 0. The normalized spacial score (nSPS) is 15.1. The molecule has 126 valence electrons. The summed E-state index contributed by atoms with van der Waals surface area (Å²) in [6, 6.07) is 0. The Labute approximate surface area is 128 Å². The van der Waals surface area contributed by atoms with Crippen LogP contribution in [0.2, 0.25) is 0 Å². The average Bonchev–Trinajstić information content (AvgIpc) is 2.47. The van der Waals surface area contributed by atoms with Crippen LogP contribution in [-0.4, -0.2) is 89.1 Å². The molecule has 0 aliphatic carbocycles. The lowest BCUT2D eigenvalue weighted by Crippen LogP contribution is -2.49. The number of carbonyl (C=O) groups excluding carboxylic acids is 1. The first-order valence-corrected chi connectivity index (χ1v) is 6.79. The van der Waals surface area contributed by atoms with Crippen molar-refractivity contribution in [2.45, 2.75) is 6.92 Å². The molecule has 0 aromatic carbocycles. The second-order valence-electron chi connectivity index (χ2n) is 4.26. The Morgan fingerprint density at radius 3 is 1.91 bits per heavy atom. The zero-order valence-electron chi connectivity index (χ0n) is 12.5. The number of hydrogen-bond acceptors (Lipinski definition) is 6. The molecular formula is C13H22N2O7. The van der Waals surface area contributed by atoms with Gasteiger partial charge in [0.1, 0.15) is 0 Å². The van der Waals surface area contributed by atoms with Crippen molar-refractivity contribution >= 4 is 18.0 Å². The number of nitrogens with zero attached hydrogens (tertiary/aromatic N) is 2. The molecule has 0 unspecified atom stereocenters. The van der Waals surface area contributed by atoms with Gasteiger partial charge in [0, 0.05) is 44.9 Å². The molecule has 1 heterocycles. The topological polar surface area (TPSA) is 128 Å². The van der Waals surface area contributed by atoms with Crippen LogP contribution in [0, 0.1) is 0 Å². The Kier molecular flexibility index (Phi) is 10.4. The van der Waals surface area contributed by atoms with Gasteiger partial charge in [-0.2, -0.15) is 0 Å². The van der Waals surface area contributed by atoms with E-state index in [9.17, 15) is 14.4 Å². The lowest BCUT2D eigenvalue weighted by molar-refractivity contribution is -0.134. The summed E-state index contributed by atoms with van der Waals surface area (Å²) in [5.74, 6) is -2.51. The van der Waals surface area contributed by atoms with E-state index in [0.29, 0.717) is 38.4 Å². The first-order valence-electron chi connectivity index (χ1n) is 6.79. The zero-order valence-corrected chi connectivity index (χ0v) is 12.5. The Balaban J connectivity index is 0.000000472. The maximum Gasteiger partial charge on any atom is 0.409 e. The highest BCUT2D eigenvalue weighted by atomic mass is 16.6. The highest BCUT2D eigenvalue weighted by molar-refractivity contribution is 5.89. The van der Waals surface area contributed by atoms with Crippen molar-refractivity contribution in [1.29, 1.82) is 0 Å². The van der Waals surface area contributed by atoms with Crippen LogP contribution < -0.4 is 0 Å². The number of hydrogen-bond donors (Lipinski definition) is 3. The molecule has 0 aromatic rings. The van der Waals surface area contributed by atoms with Gasteiger partial charge >= 0.3 is 18.0 Å². The van der Waals surface area contributed by atoms with Crippen molar-refractivity contribution in [1.82, 2.24) is 9.80 Å². The van der Waals surface area contributed by atoms with Gasteiger partial charge in [-0.25, -0.2) is 14.4 Å². The van der Waals surface area contributed by atoms with Crippen molar-refractivity contribution in [3.05, 3.63) is 12.2 Å². The monoisotopic (exact) mass is 318 g/mol. The van der Waals surface area contributed by atoms with E-state index in [1.165, 1.54) is 0 Å². The standard InChI is InChI=1S/C9H18N2O3.C4H4O4/c1-2-14-9(13)11-5-3-10(4-6-11)7-8-12;5-3(6)1-2-4(7)8/h12H,2-8H2,1H3;1-2H,(H,5,6)(H,7,8). The second-order valence-corrected chi connectivity index (χ2v) is 4.26. The molecule has 1 amide bonds. The number of carbonyl (C=O) groups is 3. The molecule has 0 spiro atoms. The summed E-state index contributed by atoms with van der Waals surface area (Å²) in [4.78, 5) is 34.2. The van der Waals surface area contributed by atoms with Gasteiger partial charge in [-0.05, 0) is 6.92 Å². The van der Waals surface area contributed by atoms with Gasteiger partial charge in [-0.3, -0.25) is 4.90 Å². The van der Waals surface area contributed by atoms with Crippen molar-refractivity contribution in [2.24, 2.45) is 0 Å². The third kappa shape index (κ3) is 9.72. The molecule has 0 radical (unpaired) electrons. The number of amides is 1. The van der Waals surface area contributed by atoms with E-state index >= 15 is 0 Å². The summed E-state index contributed by atoms with van der Waals surface area (Å²) in [6.45, 7) is 6.13. The molecule has 1 aliphatic rings. The van der Waals surface area contributed by atoms with E-state index in [2.05, 4.69) is 4.90 Å². The van der Waals surface area contributed by atoms with E-state index in [-0.39, 0.29) is 12.7 Å². The number of carboxylic acid groups (broad SMARTS) is 2. The van der Waals surface area contributed by atoms with Crippen molar-refractivity contribution in [3.63, 3.8) is 0 Å². The smallest absolute Gasteiger partial charge is 0.409 e. The Bertz CT molecular complexity index is 374. The predicted octanol–water partition coefficient (Wildman–Crippen LogP) is -0.535. The highest BCUT2D eigenvalue weighted by Gasteiger charge is 2.20. The van der Waals surface area contributed by atoms with E-state index < -0.39 is 11.9 Å². The van der Waals surface area contributed by atoms with Crippen molar-refractivity contribution < 1.29 is 34.4 Å². The molecule has 0 bridgehead atoms. The molecule has 9 heteroatoms. The van der Waals surface area contributed by atoms with Crippen LogP contribution in [0.25, 0.3) is 0 Å². The fourth-order valence-electron chi connectivity index (χ4n) is 1.65. The van der Waals surface area contributed by atoms with Crippen molar-refractivity contribution in [2.75, 3.05) is 45.9 Å². The number of aliphatic carboxylic acids is 2. The molecule has 1 saturated heterocycles. The number of carboxylic acids is 2. The number of piperazine rings is 1. The molecule has 0 atom stereocenters. The molecule has 1 aliphatic heterocycles. The van der Waals surface area contributed by atoms with Crippen LogP contribution in [0.4, 0.5) is 4.79 Å². The van der Waals surface area contributed by atoms with E-state index in [4.69, 9.17) is 20.1 Å². The van der Waals surface area contributed by atoms with Crippen LogP contribution in [0.3, 0.4) is 0 Å². The number of ether oxygens (including phenoxy) is 1. The second kappa shape index (κ2) is 11.5. The van der Waals surface area contributed by atoms with Crippen LogP contribution in [0.15, 0.2) is 12.2 Å². The first kappa shape index (κ1) is 19.9. The largest absolute Gasteiger partial charge is 0.478 e. The van der Waals surface area contributed by atoms with E-state index in [0.717, 1.165) is 13.1 Å². The molecule has 0 saturated carbocycles. The summed E-state index contributed by atoms with van der Waals surface area (Å²) < 4.78 is 4.90. The Morgan fingerprint density at radius 2 is 1.55 bits per heavy atom. The van der Waals surface area contributed by atoms with Gasteiger partial charge in [0.15, 0.2) is 0 Å². The molecule has 22 heavy (non-hydrogen) atoms. The summed E-state index contributed by atoms with van der Waals surface area (Å²) in [6.07, 6.45) is 0.890. The fraction of sp³-hybridized carbons (Fsp3) is 0.615. The van der Waals surface area contributed by atoms with Crippen LogP contribution >= 0.6 is 0 Å². The SMILES string of the molecule is CCOC(=O)N1CCN(CCO)CC1.O=C(O)C=CC(=O)O. The van der Waals surface area contributed by atoms with Gasteiger partial charge in [0.05, 0.1) is 13.2 Å². The number of aliphatic hydroxyl groups excluding tert-OH is 1. The summed E-state index contributed by atoms with van der Waals surface area (Å²) in [7, 11) is 0. The van der Waals surface area contributed by atoms with Crippen LogP contribution in [0.1, 0.15) is 6.92 Å². The third-order valence-corrected chi connectivity index (χ3v) is 2.68. The quantitative estimate of drug-likeness (QED) is 0.577. The third-order valence-electron chi connectivity index (χ3n) is 2.68. The fourth-order valence-corrected chi connectivity index (χ4v) is 1.65. The predicted molar refractivity (Wildman–Crippen MR) is 76.5 cm³/mol. The maximum absolute atomic E-state index is 11.3. The van der Waals surface area contributed by atoms with E-state index in [1.807, 2.05) is 0 Å². The molecule has 3 N–H and O–H groups in total. The summed E-state index contributed by atoms with van der Waals surface area (Å²) in [5, 5.41) is 24.4. The molecular weight excluding hydrogens is 296 g/mol. The molecule has 9 nitrogen and oxygen atoms in total. The maximum atomic E-state index is 11.3. The van der Waals surface area contributed by atoms with Gasteiger partial charge in [0.2, 0.25) is 0 Å². The first-order chi connectivity index (χ1) is 10.4. The summed E-state index contributed by atoms with van der Waals surface area (Å²) >= 11 is 0. The molecule has 1 rings (SSSR count). The van der Waals surface area contributed by atoms with Gasteiger partial charge in [-0.15, -0.1) is 0 Å². The number of β-amino-alcohol motifs (C(OH)–C–C–N with tert-alkyl or cyclic N) is 1. The van der Waals surface area contributed by atoms with Gasteiger partial charge in [-0.1, -0.05) is 0 Å². The number of aliphatic hydroxyl groups is 1. The lowest BCUT2D eigenvalue weighted by Gasteiger charge is -2.33. The lowest BCUT2D eigenvalue weighted by atomic mass is 10.3. The minimum absolute atomic E-state index is 0.180. The highest BCUT2D eigenvalue weighted by Crippen LogP contribution is 2.02. The van der Waals surface area contributed by atoms with E-state index in [1.54, 1.807) is 11.8 Å².